The van der Waals surface area contributed by atoms with Gasteiger partial charge >= 0.3 is 0 Å². The van der Waals surface area contributed by atoms with Gasteiger partial charge in [-0.05, 0) is 18.9 Å². The molecule has 0 aliphatic carbocycles. The second-order valence-electron chi connectivity index (χ2n) is 4.62. The number of nitrogens with zero attached hydrogens (tertiary/aromatic N) is 2. The van der Waals surface area contributed by atoms with Crippen molar-refractivity contribution < 1.29 is 9.26 Å². The average molecular weight is 275 g/mol. The van der Waals surface area contributed by atoms with Gasteiger partial charge in [0.15, 0.2) is 0 Å². The third kappa shape index (κ3) is 3.65. The number of benzene rings is 1. The van der Waals surface area contributed by atoms with Gasteiger partial charge in [0.25, 0.3) is 0 Å². The van der Waals surface area contributed by atoms with Gasteiger partial charge in [-0.2, -0.15) is 4.98 Å². The Labute approximate surface area is 119 Å². The van der Waals surface area contributed by atoms with Crippen molar-refractivity contribution in [2.24, 2.45) is 5.73 Å². The first-order chi connectivity index (χ1) is 9.74. The third-order valence-corrected chi connectivity index (χ3v) is 3.13. The maximum absolute atomic E-state index is 6.14. The monoisotopic (exact) mass is 275 g/mol. The SMILES string of the molecule is CCOC(CC)c1noc(CC(N)c2ccccc2)n1. The Bertz CT molecular complexity index is 513. The third-order valence-electron chi connectivity index (χ3n) is 3.13. The van der Waals surface area contributed by atoms with Crippen molar-refractivity contribution in [3.8, 4) is 0 Å². The Hall–Kier alpha value is -1.72. The maximum Gasteiger partial charge on any atom is 0.228 e. The molecule has 2 aromatic rings. The standard InChI is InChI=1S/C15H21N3O2/c1-3-13(19-4-2)15-17-14(20-18-15)10-12(16)11-8-6-5-7-9-11/h5-9,12-13H,3-4,10,16H2,1-2H3. The van der Waals surface area contributed by atoms with Crippen molar-refractivity contribution in [1.29, 1.82) is 0 Å². The average Bonchev–Trinajstić information content (AvgIpc) is 2.94. The van der Waals surface area contributed by atoms with Gasteiger partial charge < -0.3 is 15.0 Å². The lowest BCUT2D eigenvalue weighted by atomic mass is 10.1. The molecular formula is C15H21N3O2. The van der Waals surface area contributed by atoms with Crippen LogP contribution in [0.5, 0.6) is 0 Å². The first kappa shape index (κ1) is 14.7. The van der Waals surface area contributed by atoms with E-state index in [1.54, 1.807) is 0 Å². The van der Waals surface area contributed by atoms with Crippen molar-refractivity contribution in [2.45, 2.75) is 38.8 Å². The van der Waals surface area contributed by atoms with Crippen molar-refractivity contribution >= 4 is 0 Å². The maximum atomic E-state index is 6.14. The van der Waals surface area contributed by atoms with Gasteiger partial charge in [-0.3, -0.25) is 0 Å². The number of hydrogen-bond acceptors (Lipinski definition) is 5. The van der Waals surface area contributed by atoms with E-state index in [1.807, 2.05) is 44.2 Å². The first-order valence-electron chi connectivity index (χ1n) is 6.99. The minimum absolute atomic E-state index is 0.106. The first-order valence-corrected chi connectivity index (χ1v) is 6.99. The molecule has 20 heavy (non-hydrogen) atoms. The van der Waals surface area contributed by atoms with E-state index in [4.69, 9.17) is 15.0 Å². The molecule has 2 atom stereocenters. The van der Waals surface area contributed by atoms with E-state index < -0.39 is 0 Å². The van der Waals surface area contributed by atoms with E-state index in [9.17, 15) is 0 Å². The van der Waals surface area contributed by atoms with Crippen LogP contribution in [-0.2, 0) is 11.2 Å². The van der Waals surface area contributed by atoms with Crippen LogP contribution in [0.3, 0.4) is 0 Å². The predicted molar refractivity (Wildman–Crippen MR) is 76.0 cm³/mol. The van der Waals surface area contributed by atoms with E-state index in [0.717, 1.165) is 12.0 Å². The van der Waals surface area contributed by atoms with E-state index in [2.05, 4.69) is 10.1 Å². The lowest BCUT2D eigenvalue weighted by Gasteiger charge is -2.10. The zero-order valence-electron chi connectivity index (χ0n) is 12.0. The summed E-state index contributed by atoms with van der Waals surface area (Å²) in [5, 5.41) is 3.99. The number of aromatic nitrogens is 2. The van der Waals surface area contributed by atoms with E-state index >= 15 is 0 Å². The molecular weight excluding hydrogens is 254 g/mol. The summed E-state index contributed by atoms with van der Waals surface area (Å²) in [7, 11) is 0. The topological polar surface area (TPSA) is 74.2 Å². The number of rotatable bonds is 7. The molecule has 2 rings (SSSR count). The molecule has 0 saturated heterocycles. The highest BCUT2D eigenvalue weighted by Gasteiger charge is 2.18. The molecule has 5 nitrogen and oxygen atoms in total. The molecule has 0 amide bonds. The number of ether oxygens (including phenoxy) is 1. The summed E-state index contributed by atoms with van der Waals surface area (Å²) in [6.07, 6.45) is 1.24. The van der Waals surface area contributed by atoms with E-state index in [0.29, 0.717) is 24.7 Å². The van der Waals surface area contributed by atoms with Crippen LogP contribution in [0.4, 0.5) is 0 Å². The minimum atomic E-state index is -0.142. The summed E-state index contributed by atoms with van der Waals surface area (Å²) in [5.74, 6) is 1.15. The van der Waals surface area contributed by atoms with Crippen LogP contribution in [0, 0.1) is 0 Å². The smallest absolute Gasteiger partial charge is 0.228 e. The minimum Gasteiger partial charge on any atom is -0.370 e. The lowest BCUT2D eigenvalue weighted by molar-refractivity contribution is 0.0518. The highest BCUT2D eigenvalue weighted by Crippen LogP contribution is 2.20. The van der Waals surface area contributed by atoms with E-state index in [1.165, 1.54) is 0 Å². The fraction of sp³-hybridized carbons (Fsp3) is 0.467. The highest BCUT2D eigenvalue weighted by molar-refractivity contribution is 5.19. The summed E-state index contributed by atoms with van der Waals surface area (Å²) in [6, 6.07) is 9.76. The zero-order chi connectivity index (χ0) is 14.4. The highest BCUT2D eigenvalue weighted by atomic mass is 16.5. The summed E-state index contributed by atoms with van der Waals surface area (Å²) in [4.78, 5) is 4.38. The van der Waals surface area contributed by atoms with Gasteiger partial charge in [0.2, 0.25) is 11.7 Å². The molecule has 2 unspecified atom stereocenters. The fourth-order valence-corrected chi connectivity index (χ4v) is 2.06. The van der Waals surface area contributed by atoms with Crippen LogP contribution >= 0.6 is 0 Å². The van der Waals surface area contributed by atoms with Crippen molar-refractivity contribution in [2.75, 3.05) is 6.61 Å². The Balaban J connectivity index is 2.02. The Morgan fingerprint density at radius 2 is 2.00 bits per heavy atom. The van der Waals surface area contributed by atoms with Crippen LogP contribution in [-0.4, -0.2) is 16.7 Å². The molecule has 1 aromatic carbocycles. The Morgan fingerprint density at radius 1 is 1.25 bits per heavy atom. The lowest BCUT2D eigenvalue weighted by Crippen LogP contribution is -2.13. The molecule has 0 aliphatic rings. The molecule has 5 heteroatoms. The van der Waals surface area contributed by atoms with Crippen molar-refractivity contribution in [1.82, 2.24) is 10.1 Å². The van der Waals surface area contributed by atoms with Crippen molar-refractivity contribution in [3.63, 3.8) is 0 Å². The molecule has 1 heterocycles. The quantitative estimate of drug-likeness (QED) is 0.841. The largest absolute Gasteiger partial charge is 0.370 e. The van der Waals surface area contributed by atoms with Crippen LogP contribution in [0.1, 0.15) is 49.7 Å². The summed E-state index contributed by atoms with van der Waals surface area (Å²) in [6.45, 7) is 4.62. The summed E-state index contributed by atoms with van der Waals surface area (Å²) >= 11 is 0. The van der Waals surface area contributed by atoms with Crippen LogP contribution in [0.15, 0.2) is 34.9 Å². The van der Waals surface area contributed by atoms with Crippen LogP contribution in [0.2, 0.25) is 0 Å². The van der Waals surface area contributed by atoms with Gasteiger partial charge in [0.1, 0.15) is 6.10 Å². The van der Waals surface area contributed by atoms with E-state index in [-0.39, 0.29) is 12.1 Å². The van der Waals surface area contributed by atoms with Crippen LogP contribution < -0.4 is 5.73 Å². The normalized spacial score (nSPS) is 14.2. The zero-order valence-corrected chi connectivity index (χ0v) is 12.0. The predicted octanol–water partition coefficient (Wildman–Crippen LogP) is 2.80. The number of hydrogen-bond donors (Lipinski definition) is 1. The molecule has 108 valence electrons. The molecule has 2 N–H and O–H groups in total. The number of nitrogens with two attached hydrogens (primary N) is 1. The summed E-state index contributed by atoms with van der Waals surface area (Å²) < 4.78 is 10.8. The molecule has 0 spiro atoms. The summed E-state index contributed by atoms with van der Waals surface area (Å²) in [5.41, 5.74) is 7.20. The Kier molecular flexibility index (Phi) is 5.26. The second kappa shape index (κ2) is 7.17. The van der Waals surface area contributed by atoms with Gasteiger partial charge in [-0.1, -0.05) is 42.4 Å². The van der Waals surface area contributed by atoms with Gasteiger partial charge in [-0.25, -0.2) is 0 Å². The molecule has 0 saturated carbocycles. The molecule has 0 fully saturated rings. The van der Waals surface area contributed by atoms with Gasteiger partial charge in [-0.15, -0.1) is 0 Å². The van der Waals surface area contributed by atoms with Gasteiger partial charge in [0, 0.05) is 19.1 Å². The molecule has 0 radical (unpaired) electrons. The van der Waals surface area contributed by atoms with Gasteiger partial charge in [0.05, 0.1) is 0 Å². The van der Waals surface area contributed by atoms with Crippen molar-refractivity contribution in [3.05, 3.63) is 47.6 Å². The molecule has 0 aliphatic heterocycles. The van der Waals surface area contributed by atoms with Crippen LogP contribution in [0.25, 0.3) is 0 Å². The second-order valence-corrected chi connectivity index (χ2v) is 4.62. The fourth-order valence-electron chi connectivity index (χ4n) is 2.06. The Morgan fingerprint density at radius 3 is 2.65 bits per heavy atom. The molecule has 1 aromatic heterocycles. The molecule has 0 bridgehead atoms.